The van der Waals surface area contributed by atoms with Gasteiger partial charge in [-0.2, -0.15) is 5.10 Å². The maximum Gasteiger partial charge on any atom is 0.191 e. The van der Waals surface area contributed by atoms with Gasteiger partial charge < -0.3 is 10.6 Å². The topological polar surface area (TPSA) is 54.2 Å². The first kappa shape index (κ1) is 21.5. The Morgan fingerprint density at radius 3 is 2.48 bits per heavy atom. The van der Waals surface area contributed by atoms with Crippen molar-refractivity contribution in [1.82, 2.24) is 20.4 Å². The number of halogens is 1. The van der Waals surface area contributed by atoms with Crippen LogP contribution in [-0.2, 0) is 6.54 Å². The maximum absolute atomic E-state index is 4.60. The second-order valence-electron chi connectivity index (χ2n) is 6.53. The molecule has 0 fully saturated rings. The zero-order chi connectivity index (χ0) is 17.4. The number of guanidine groups is 1. The zero-order valence-electron chi connectivity index (χ0n) is 15.6. The van der Waals surface area contributed by atoms with Crippen LogP contribution in [0.3, 0.4) is 0 Å². The van der Waals surface area contributed by atoms with Gasteiger partial charge in [0.1, 0.15) is 0 Å². The first-order valence-corrected chi connectivity index (χ1v) is 8.65. The van der Waals surface area contributed by atoms with Gasteiger partial charge in [0, 0.05) is 19.3 Å². The highest BCUT2D eigenvalue weighted by atomic mass is 127. The molecule has 2 aromatic rings. The highest BCUT2D eigenvalue weighted by Gasteiger charge is 2.07. The molecule has 1 heterocycles. The molecule has 1 unspecified atom stereocenters. The largest absolute Gasteiger partial charge is 0.354 e. The molecule has 0 aliphatic heterocycles. The highest BCUT2D eigenvalue weighted by Crippen LogP contribution is 2.07. The fourth-order valence-corrected chi connectivity index (χ4v) is 2.44. The summed E-state index contributed by atoms with van der Waals surface area (Å²) in [6.07, 6.45) is 4.33. The first-order valence-electron chi connectivity index (χ1n) is 8.65. The van der Waals surface area contributed by atoms with Gasteiger partial charge in [-0.15, -0.1) is 24.0 Å². The third kappa shape index (κ3) is 7.46. The molecule has 0 bridgehead atoms. The number of hydrogen-bond donors (Lipinski definition) is 2. The van der Waals surface area contributed by atoms with Gasteiger partial charge in [0.05, 0.1) is 17.9 Å². The van der Waals surface area contributed by atoms with E-state index in [4.69, 9.17) is 0 Å². The van der Waals surface area contributed by atoms with Gasteiger partial charge in [-0.25, -0.2) is 4.68 Å². The molecule has 0 saturated heterocycles. The van der Waals surface area contributed by atoms with E-state index in [1.807, 2.05) is 47.3 Å². The van der Waals surface area contributed by atoms with E-state index in [1.54, 1.807) is 7.05 Å². The predicted octanol–water partition coefficient (Wildman–Crippen LogP) is 3.98. The quantitative estimate of drug-likeness (QED) is 0.377. The molecular weight excluding hydrogens is 425 g/mol. The second kappa shape index (κ2) is 11.1. The van der Waals surface area contributed by atoms with Crippen LogP contribution in [0.1, 0.15) is 39.3 Å². The van der Waals surface area contributed by atoms with Crippen molar-refractivity contribution in [2.24, 2.45) is 10.9 Å². The molecule has 0 amide bonds. The van der Waals surface area contributed by atoms with Crippen molar-refractivity contribution in [2.75, 3.05) is 7.05 Å². The molecule has 0 saturated carbocycles. The smallest absolute Gasteiger partial charge is 0.191 e. The monoisotopic (exact) mass is 455 g/mol. The minimum Gasteiger partial charge on any atom is -0.354 e. The van der Waals surface area contributed by atoms with Crippen molar-refractivity contribution in [2.45, 2.75) is 46.2 Å². The van der Waals surface area contributed by atoms with E-state index in [0.717, 1.165) is 29.7 Å². The normalized spacial score (nSPS) is 12.6. The van der Waals surface area contributed by atoms with E-state index >= 15 is 0 Å². The average molecular weight is 455 g/mol. The molecule has 0 spiro atoms. The van der Waals surface area contributed by atoms with Crippen LogP contribution >= 0.6 is 24.0 Å². The molecule has 1 atom stereocenters. The van der Waals surface area contributed by atoms with Crippen molar-refractivity contribution in [3.63, 3.8) is 0 Å². The van der Waals surface area contributed by atoms with Crippen LogP contribution in [0, 0.1) is 5.92 Å². The van der Waals surface area contributed by atoms with Gasteiger partial charge in [-0.1, -0.05) is 32.0 Å². The molecule has 5 nitrogen and oxygen atoms in total. The van der Waals surface area contributed by atoms with E-state index in [-0.39, 0.29) is 24.0 Å². The number of hydrogen-bond acceptors (Lipinski definition) is 2. The molecular formula is C19H30IN5. The average Bonchev–Trinajstić information content (AvgIpc) is 3.06. The van der Waals surface area contributed by atoms with Crippen molar-refractivity contribution in [1.29, 1.82) is 0 Å². The number of nitrogens with one attached hydrogen (secondary N) is 2. The van der Waals surface area contributed by atoms with E-state index in [1.165, 1.54) is 6.42 Å². The van der Waals surface area contributed by atoms with Crippen LogP contribution in [0.4, 0.5) is 0 Å². The van der Waals surface area contributed by atoms with Crippen molar-refractivity contribution < 1.29 is 0 Å². The minimum absolute atomic E-state index is 0. The minimum atomic E-state index is 0. The third-order valence-electron chi connectivity index (χ3n) is 3.89. The molecule has 6 heteroatoms. The van der Waals surface area contributed by atoms with E-state index in [0.29, 0.717) is 12.6 Å². The number of benzene rings is 1. The number of nitrogens with zero attached hydrogens (tertiary/aromatic N) is 3. The number of aliphatic imine (C=N–C) groups is 1. The Balaban J connectivity index is 0.00000312. The third-order valence-corrected chi connectivity index (χ3v) is 3.89. The lowest BCUT2D eigenvalue weighted by Gasteiger charge is -2.18. The Kier molecular flexibility index (Phi) is 9.55. The Labute approximate surface area is 168 Å². The standard InChI is InChI=1S/C19H29N5.HI/c1-15(2)10-11-16(3)22-19(20-4)21-14-17-12-13-24(23-17)18-8-6-5-7-9-18;/h5-9,12-13,15-16H,10-11,14H2,1-4H3,(H2,20,21,22);1H. The Morgan fingerprint density at radius 2 is 1.84 bits per heavy atom. The molecule has 25 heavy (non-hydrogen) atoms. The van der Waals surface area contributed by atoms with E-state index in [9.17, 15) is 0 Å². The van der Waals surface area contributed by atoms with Crippen LogP contribution in [-0.4, -0.2) is 28.8 Å². The summed E-state index contributed by atoms with van der Waals surface area (Å²) in [5, 5.41) is 11.4. The SMILES string of the molecule is CN=C(NCc1ccn(-c2ccccc2)n1)NC(C)CCC(C)C.I. The zero-order valence-corrected chi connectivity index (χ0v) is 17.9. The van der Waals surface area contributed by atoms with Gasteiger partial charge in [0.2, 0.25) is 0 Å². The highest BCUT2D eigenvalue weighted by molar-refractivity contribution is 14.0. The Bertz CT molecular complexity index is 636. The van der Waals surface area contributed by atoms with Crippen LogP contribution < -0.4 is 10.6 Å². The number of aromatic nitrogens is 2. The number of para-hydroxylation sites is 1. The van der Waals surface area contributed by atoms with Gasteiger partial charge in [-0.3, -0.25) is 4.99 Å². The van der Waals surface area contributed by atoms with E-state index in [2.05, 4.69) is 41.5 Å². The van der Waals surface area contributed by atoms with Crippen LogP contribution in [0.25, 0.3) is 5.69 Å². The lowest BCUT2D eigenvalue weighted by atomic mass is 10.0. The molecule has 0 aliphatic rings. The molecule has 0 aliphatic carbocycles. The summed E-state index contributed by atoms with van der Waals surface area (Å²) in [5.74, 6) is 1.55. The second-order valence-corrected chi connectivity index (χ2v) is 6.53. The summed E-state index contributed by atoms with van der Waals surface area (Å²) in [5.41, 5.74) is 2.05. The van der Waals surface area contributed by atoms with Crippen molar-refractivity contribution >= 4 is 29.9 Å². The van der Waals surface area contributed by atoms with Gasteiger partial charge in [-0.05, 0) is 43.9 Å². The van der Waals surface area contributed by atoms with Crippen molar-refractivity contribution in [3.05, 3.63) is 48.3 Å². The summed E-state index contributed by atoms with van der Waals surface area (Å²) < 4.78 is 1.89. The lowest BCUT2D eigenvalue weighted by molar-refractivity contribution is 0.489. The summed E-state index contributed by atoms with van der Waals surface area (Å²) in [6, 6.07) is 12.5. The van der Waals surface area contributed by atoms with Crippen LogP contribution in [0.5, 0.6) is 0 Å². The summed E-state index contributed by atoms with van der Waals surface area (Å²) in [4.78, 5) is 4.30. The molecule has 2 rings (SSSR count). The summed E-state index contributed by atoms with van der Waals surface area (Å²) in [6.45, 7) is 7.35. The van der Waals surface area contributed by atoms with E-state index < -0.39 is 0 Å². The maximum atomic E-state index is 4.60. The molecule has 2 N–H and O–H groups in total. The fourth-order valence-electron chi connectivity index (χ4n) is 2.44. The first-order chi connectivity index (χ1) is 11.6. The summed E-state index contributed by atoms with van der Waals surface area (Å²) in [7, 11) is 1.80. The summed E-state index contributed by atoms with van der Waals surface area (Å²) >= 11 is 0. The Morgan fingerprint density at radius 1 is 1.12 bits per heavy atom. The van der Waals surface area contributed by atoms with Crippen LogP contribution in [0.2, 0.25) is 0 Å². The molecule has 0 radical (unpaired) electrons. The Hall–Kier alpha value is -1.57. The molecule has 1 aromatic heterocycles. The van der Waals surface area contributed by atoms with Gasteiger partial charge in [0.15, 0.2) is 5.96 Å². The van der Waals surface area contributed by atoms with Crippen LogP contribution in [0.15, 0.2) is 47.6 Å². The van der Waals surface area contributed by atoms with Gasteiger partial charge >= 0.3 is 0 Å². The van der Waals surface area contributed by atoms with Crippen molar-refractivity contribution in [3.8, 4) is 5.69 Å². The lowest BCUT2D eigenvalue weighted by Crippen LogP contribution is -2.42. The fraction of sp³-hybridized carbons (Fsp3) is 0.474. The molecule has 138 valence electrons. The molecule has 1 aromatic carbocycles. The predicted molar refractivity (Wildman–Crippen MR) is 116 cm³/mol. The van der Waals surface area contributed by atoms with Gasteiger partial charge in [0.25, 0.3) is 0 Å². The number of rotatable bonds is 7.